The molecule has 0 unspecified atom stereocenters. The predicted molar refractivity (Wildman–Crippen MR) is 164 cm³/mol. The Balaban J connectivity index is 1.40. The minimum absolute atomic E-state index is 0.00227. The predicted octanol–water partition coefficient (Wildman–Crippen LogP) is 7.63. The molecule has 0 aliphatic carbocycles. The monoisotopic (exact) mass is 612 g/mol. The summed E-state index contributed by atoms with van der Waals surface area (Å²) in [4.78, 5) is 21.8. The highest BCUT2D eigenvalue weighted by atomic mass is 127. The molecule has 2 heterocycles. The van der Waals surface area contributed by atoms with Crippen molar-refractivity contribution in [3.05, 3.63) is 23.9 Å². The molecule has 6 heteroatoms. The van der Waals surface area contributed by atoms with Crippen LogP contribution in [0.15, 0.2) is 18.3 Å². The number of nitrogens with zero attached hydrogens (tertiary/aromatic N) is 3. The zero-order chi connectivity index (χ0) is 25.7. The van der Waals surface area contributed by atoms with Gasteiger partial charge < -0.3 is 10.2 Å². The summed E-state index contributed by atoms with van der Waals surface area (Å²) in [5.74, 6) is 0.989. The summed E-state index contributed by atoms with van der Waals surface area (Å²) in [6, 6.07) is 3.92. The molecule has 1 saturated heterocycles. The van der Waals surface area contributed by atoms with Crippen molar-refractivity contribution in [1.29, 1.82) is 0 Å². The van der Waals surface area contributed by atoms with Gasteiger partial charge in [0.2, 0.25) is 0 Å². The van der Waals surface area contributed by atoms with E-state index in [1.54, 1.807) is 6.20 Å². The quantitative estimate of drug-likeness (QED) is 0.0882. The van der Waals surface area contributed by atoms with Crippen LogP contribution in [-0.4, -0.2) is 59.5 Å². The van der Waals surface area contributed by atoms with Crippen molar-refractivity contribution in [2.45, 2.75) is 110 Å². The normalized spacial score (nSPS) is 14.3. The molecular formula is C30H53IN4O. The lowest BCUT2D eigenvalue weighted by Gasteiger charge is -2.35. The lowest BCUT2D eigenvalue weighted by atomic mass is 10.0. The molecule has 1 aliphatic rings. The second-order valence-corrected chi connectivity index (χ2v) is 11.6. The number of halogens is 1. The van der Waals surface area contributed by atoms with Crippen LogP contribution in [0, 0.1) is 0 Å². The summed E-state index contributed by atoms with van der Waals surface area (Å²) < 4.78 is 1.32. The molecule has 1 aromatic heterocycles. The molecule has 0 atom stereocenters. The van der Waals surface area contributed by atoms with Crippen LogP contribution < -0.4 is 10.2 Å². The molecule has 0 saturated carbocycles. The summed E-state index contributed by atoms with van der Waals surface area (Å²) >= 11 is 2.48. The van der Waals surface area contributed by atoms with Crippen LogP contribution in [0.5, 0.6) is 0 Å². The molecule has 1 aliphatic heterocycles. The number of nitrogens with one attached hydrogen (secondary N) is 1. The number of amides is 1. The number of rotatable bonds is 21. The Morgan fingerprint density at radius 2 is 1.33 bits per heavy atom. The number of carbonyl (C=O) groups is 1. The van der Waals surface area contributed by atoms with Crippen LogP contribution >= 0.6 is 22.6 Å². The molecule has 2 rings (SSSR count). The highest BCUT2D eigenvalue weighted by Crippen LogP contribution is 2.15. The second-order valence-electron chi connectivity index (χ2n) is 10.5. The van der Waals surface area contributed by atoms with E-state index >= 15 is 0 Å². The molecule has 1 amide bonds. The number of unbranched alkanes of at least 4 members (excludes halogenated alkanes) is 14. The first-order valence-electron chi connectivity index (χ1n) is 15.0. The van der Waals surface area contributed by atoms with E-state index in [9.17, 15) is 4.79 Å². The molecule has 0 aromatic carbocycles. The van der Waals surface area contributed by atoms with E-state index in [4.69, 9.17) is 0 Å². The van der Waals surface area contributed by atoms with Crippen molar-refractivity contribution in [3.63, 3.8) is 0 Å². The largest absolute Gasteiger partial charge is 0.354 e. The minimum Gasteiger partial charge on any atom is -0.354 e. The summed E-state index contributed by atoms with van der Waals surface area (Å²) in [5.41, 5.74) is 0.666. The molecule has 0 radical (unpaired) electrons. The van der Waals surface area contributed by atoms with Gasteiger partial charge in [0.1, 0.15) is 5.82 Å². The van der Waals surface area contributed by atoms with Crippen LogP contribution in [0.3, 0.4) is 0 Å². The van der Waals surface area contributed by atoms with E-state index in [0.29, 0.717) is 5.56 Å². The number of hydrogen-bond donors (Lipinski definition) is 1. The third kappa shape index (κ3) is 14.2. The lowest BCUT2D eigenvalue weighted by molar-refractivity contribution is 0.0952. The van der Waals surface area contributed by atoms with Gasteiger partial charge in [0.05, 0.1) is 5.56 Å². The van der Waals surface area contributed by atoms with Gasteiger partial charge in [-0.3, -0.25) is 9.69 Å². The van der Waals surface area contributed by atoms with E-state index in [1.807, 2.05) is 12.1 Å². The van der Waals surface area contributed by atoms with E-state index in [1.165, 1.54) is 107 Å². The molecule has 0 spiro atoms. The van der Waals surface area contributed by atoms with Crippen LogP contribution in [0.25, 0.3) is 0 Å². The summed E-state index contributed by atoms with van der Waals surface area (Å²) in [5, 5.41) is 3.07. The second kappa shape index (κ2) is 21.1. The maximum atomic E-state index is 12.4. The molecule has 5 nitrogen and oxygen atoms in total. The van der Waals surface area contributed by atoms with Gasteiger partial charge in [-0.15, -0.1) is 0 Å². The molecular weight excluding hydrogens is 559 g/mol. The molecule has 1 aromatic rings. The standard InChI is InChI=1S/C30H53IN4O/c1-2-22-34-23-25-35(26-24-34)29-19-18-28(27-33-29)30(36)32-21-17-15-13-11-9-7-5-3-4-6-8-10-12-14-16-20-31/h18-19,27H,2-17,20-26H2,1H3,(H,32,36). The van der Waals surface area contributed by atoms with Gasteiger partial charge >= 0.3 is 0 Å². The van der Waals surface area contributed by atoms with Gasteiger partial charge in [-0.05, 0) is 42.4 Å². The maximum absolute atomic E-state index is 12.4. The fourth-order valence-electron chi connectivity index (χ4n) is 5.05. The van der Waals surface area contributed by atoms with E-state index in [2.05, 4.69) is 49.6 Å². The van der Waals surface area contributed by atoms with Gasteiger partial charge in [-0.2, -0.15) is 0 Å². The number of pyridine rings is 1. The SMILES string of the molecule is CCCN1CCN(c2ccc(C(=O)NCCCCCCCCCCCCCCCCCI)cn2)CC1. The Morgan fingerprint density at radius 3 is 1.81 bits per heavy atom. The van der Waals surface area contributed by atoms with Gasteiger partial charge in [-0.25, -0.2) is 4.98 Å². The minimum atomic E-state index is 0.00227. The Hall–Kier alpha value is -0.890. The van der Waals surface area contributed by atoms with E-state index in [-0.39, 0.29) is 5.91 Å². The van der Waals surface area contributed by atoms with Crippen molar-refractivity contribution < 1.29 is 4.79 Å². The average Bonchev–Trinajstić information content (AvgIpc) is 2.91. The Kier molecular flexibility index (Phi) is 18.4. The van der Waals surface area contributed by atoms with Gasteiger partial charge in [0.15, 0.2) is 0 Å². The van der Waals surface area contributed by atoms with Gasteiger partial charge in [0.25, 0.3) is 5.91 Å². The van der Waals surface area contributed by atoms with Gasteiger partial charge in [0, 0.05) is 38.9 Å². The Bertz CT molecular complexity index is 661. The highest BCUT2D eigenvalue weighted by Gasteiger charge is 2.17. The number of anilines is 1. The van der Waals surface area contributed by atoms with Gasteiger partial charge in [-0.1, -0.05) is 113 Å². The number of alkyl halides is 1. The van der Waals surface area contributed by atoms with E-state index < -0.39 is 0 Å². The maximum Gasteiger partial charge on any atom is 0.252 e. The Labute approximate surface area is 235 Å². The number of aromatic nitrogens is 1. The fourth-order valence-corrected chi connectivity index (χ4v) is 5.59. The van der Waals surface area contributed by atoms with Crippen LogP contribution in [-0.2, 0) is 0 Å². The van der Waals surface area contributed by atoms with E-state index in [0.717, 1.165) is 45.0 Å². The molecule has 1 N–H and O–H groups in total. The summed E-state index contributed by atoms with van der Waals surface area (Å²) in [6.07, 6.45) is 23.5. The molecule has 1 fully saturated rings. The van der Waals surface area contributed by atoms with Crippen LogP contribution in [0.1, 0.15) is 120 Å². The molecule has 0 bridgehead atoms. The highest BCUT2D eigenvalue weighted by molar-refractivity contribution is 14.1. The van der Waals surface area contributed by atoms with Crippen LogP contribution in [0.2, 0.25) is 0 Å². The molecule has 36 heavy (non-hydrogen) atoms. The number of carbonyl (C=O) groups excluding carboxylic acids is 1. The average molecular weight is 613 g/mol. The number of piperazine rings is 1. The van der Waals surface area contributed by atoms with Crippen molar-refractivity contribution >= 4 is 34.3 Å². The van der Waals surface area contributed by atoms with Crippen LogP contribution in [0.4, 0.5) is 5.82 Å². The van der Waals surface area contributed by atoms with Crippen molar-refractivity contribution in [1.82, 2.24) is 15.2 Å². The third-order valence-corrected chi connectivity index (χ3v) is 8.10. The topological polar surface area (TPSA) is 48.5 Å². The zero-order valence-corrected chi connectivity index (χ0v) is 25.3. The first kappa shape index (κ1) is 31.3. The first-order valence-corrected chi connectivity index (χ1v) is 16.5. The Morgan fingerprint density at radius 1 is 0.806 bits per heavy atom. The summed E-state index contributed by atoms with van der Waals surface area (Å²) in [6.45, 7) is 8.39. The third-order valence-electron chi connectivity index (χ3n) is 7.34. The number of hydrogen-bond acceptors (Lipinski definition) is 4. The fraction of sp³-hybridized carbons (Fsp3) is 0.800. The smallest absolute Gasteiger partial charge is 0.252 e. The van der Waals surface area contributed by atoms with Crippen molar-refractivity contribution in [2.75, 3.05) is 48.6 Å². The lowest BCUT2D eigenvalue weighted by Crippen LogP contribution is -2.46. The first-order chi connectivity index (χ1) is 17.7. The zero-order valence-electron chi connectivity index (χ0n) is 23.1. The summed E-state index contributed by atoms with van der Waals surface area (Å²) in [7, 11) is 0. The van der Waals surface area contributed by atoms with Crippen molar-refractivity contribution in [3.8, 4) is 0 Å². The molecule has 206 valence electrons. The van der Waals surface area contributed by atoms with Crippen molar-refractivity contribution in [2.24, 2.45) is 0 Å².